The lowest BCUT2D eigenvalue weighted by atomic mass is 10.2. The predicted octanol–water partition coefficient (Wildman–Crippen LogP) is -2.60. The first-order valence-electron chi connectivity index (χ1n) is 2.24. The molecule has 0 aromatic carbocycles. The van der Waals surface area contributed by atoms with E-state index < -0.39 is 6.29 Å². The summed E-state index contributed by atoms with van der Waals surface area (Å²) in [4.78, 5) is 0. The van der Waals surface area contributed by atoms with Crippen LogP contribution in [0, 0.1) is 5.92 Å². The zero-order chi connectivity index (χ0) is 5.86. The molecule has 1 unspecified atom stereocenters. The first-order valence-corrected chi connectivity index (χ1v) is 2.24. The third-order valence-corrected chi connectivity index (χ3v) is 0.881. The molecule has 0 heterocycles. The van der Waals surface area contributed by atoms with Gasteiger partial charge >= 0.3 is 0 Å². The Bertz CT molecular complexity index is 52.5. The molecule has 0 amide bonds. The minimum atomic E-state index is -1.26. The third-order valence-electron chi connectivity index (χ3n) is 0.881. The van der Waals surface area contributed by atoms with Crippen molar-refractivity contribution in [2.24, 2.45) is 11.7 Å². The van der Waals surface area contributed by atoms with E-state index in [4.69, 9.17) is 15.9 Å². The van der Waals surface area contributed by atoms with Crippen LogP contribution >= 0.6 is 0 Å². The second-order valence-corrected chi connectivity index (χ2v) is 1.63. The molecule has 6 nitrogen and oxygen atoms in total. The maximum atomic E-state index is 8.30. The average Bonchev–Trinajstić information content (AvgIpc) is 1.65. The van der Waals surface area contributed by atoms with Gasteiger partial charge in [0.15, 0.2) is 6.29 Å². The monoisotopic (exact) mass is 158 g/mol. The summed E-state index contributed by atoms with van der Waals surface area (Å²) < 4.78 is 0. The first-order chi connectivity index (χ1) is 3.18. The molecule has 0 saturated heterocycles. The number of aliphatic hydroxyl groups excluding tert-OH is 1. The molecule has 0 bridgehead atoms. The van der Waals surface area contributed by atoms with E-state index in [1.807, 2.05) is 0 Å². The molecule has 11 N–H and O–H groups in total. The Hall–Kier alpha value is -0.240. The molecule has 0 spiro atoms. The zero-order valence-electron chi connectivity index (χ0n) is 6.04. The van der Waals surface area contributed by atoms with Gasteiger partial charge in [0.25, 0.3) is 0 Å². The Balaban J connectivity index is -0.0000000600. The van der Waals surface area contributed by atoms with Gasteiger partial charge in [-0.2, -0.15) is 0 Å². The molecule has 0 radical (unpaired) electrons. The molecule has 0 rings (SSSR count). The minimum absolute atomic E-state index is 0. The fourth-order valence-electron chi connectivity index (χ4n) is 0.122. The van der Waals surface area contributed by atoms with Crippen molar-refractivity contribution in [3.8, 4) is 0 Å². The molecule has 0 fully saturated rings. The van der Waals surface area contributed by atoms with E-state index in [0.29, 0.717) is 6.54 Å². The summed E-state index contributed by atoms with van der Waals surface area (Å²) in [5.41, 5.74) is 5.05. The normalized spacial score (nSPS) is 10.5. The minimum Gasteiger partial charge on any atom is -0.412 e. The lowest BCUT2D eigenvalue weighted by Crippen LogP contribution is -2.24. The fraction of sp³-hybridized carbons (Fsp3) is 1.00. The first kappa shape index (κ1) is 22.6. The maximum Gasteiger partial charge on any atom is 0.155 e. The van der Waals surface area contributed by atoms with Crippen LogP contribution in [0.3, 0.4) is 0 Å². The number of hydrogen-bond acceptors (Lipinski definition) is 4. The summed E-state index contributed by atoms with van der Waals surface area (Å²) in [6, 6.07) is 0. The maximum absolute atomic E-state index is 8.30. The van der Waals surface area contributed by atoms with Crippen LogP contribution in [0.2, 0.25) is 0 Å². The molecular formula is C4H18N2O4. The van der Waals surface area contributed by atoms with Gasteiger partial charge in [0, 0.05) is 5.92 Å². The van der Waals surface area contributed by atoms with Crippen molar-refractivity contribution in [2.45, 2.75) is 13.2 Å². The van der Waals surface area contributed by atoms with Gasteiger partial charge in [-0.15, -0.1) is 0 Å². The van der Waals surface area contributed by atoms with Crippen LogP contribution in [-0.4, -0.2) is 34.0 Å². The summed E-state index contributed by atoms with van der Waals surface area (Å²) in [6.07, 6.45) is -1.26. The topological polar surface area (TPSA) is 164 Å². The second-order valence-electron chi connectivity index (χ2n) is 1.63. The Morgan fingerprint density at radius 3 is 1.60 bits per heavy atom. The van der Waals surface area contributed by atoms with Crippen LogP contribution in [0.4, 0.5) is 0 Å². The van der Waals surface area contributed by atoms with Crippen LogP contribution in [0.25, 0.3) is 0 Å². The molecule has 68 valence electrons. The van der Waals surface area contributed by atoms with Crippen molar-refractivity contribution in [3.63, 3.8) is 0 Å². The van der Waals surface area contributed by atoms with E-state index >= 15 is 0 Å². The summed E-state index contributed by atoms with van der Waals surface area (Å²) in [5, 5.41) is 16.6. The van der Waals surface area contributed by atoms with Gasteiger partial charge in [0.05, 0.1) is 0 Å². The molecule has 6 heteroatoms. The van der Waals surface area contributed by atoms with Gasteiger partial charge in [-0.05, 0) is 6.54 Å². The molecule has 0 saturated carbocycles. The fourth-order valence-corrected chi connectivity index (χ4v) is 0.122. The van der Waals surface area contributed by atoms with Gasteiger partial charge in [-0.1, -0.05) is 6.92 Å². The number of aliphatic hydroxyl groups is 2. The lowest BCUT2D eigenvalue weighted by molar-refractivity contribution is -0.0755. The van der Waals surface area contributed by atoms with Crippen molar-refractivity contribution < 1.29 is 21.2 Å². The van der Waals surface area contributed by atoms with Gasteiger partial charge < -0.3 is 33.0 Å². The molecule has 10 heavy (non-hydrogen) atoms. The Morgan fingerprint density at radius 2 is 1.60 bits per heavy atom. The molecule has 0 aromatic rings. The largest absolute Gasteiger partial charge is 0.412 e. The summed E-state index contributed by atoms with van der Waals surface area (Å²) in [7, 11) is 0. The van der Waals surface area contributed by atoms with Crippen molar-refractivity contribution >= 4 is 0 Å². The summed E-state index contributed by atoms with van der Waals surface area (Å²) >= 11 is 0. The van der Waals surface area contributed by atoms with Gasteiger partial charge in [0.1, 0.15) is 0 Å². The SMILES string of the molecule is CC(CN)C(O)O.N.O.O. The van der Waals surface area contributed by atoms with Gasteiger partial charge in [-0.3, -0.25) is 0 Å². The Kier molecular flexibility index (Phi) is 26.1. The number of nitrogens with two attached hydrogens (primary N) is 1. The highest BCUT2D eigenvalue weighted by Crippen LogP contribution is 1.93. The van der Waals surface area contributed by atoms with Crippen molar-refractivity contribution in [1.82, 2.24) is 6.15 Å². The average molecular weight is 158 g/mol. The standard InChI is InChI=1S/C4H11NO2.H3N.2H2O/c1-3(2-5)4(6)7;;;/h3-4,6-7H,2,5H2,1H3;1H3;2*1H2. The highest BCUT2D eigenvalue weighted by Gasteiger charge is 2.05. The van der Waals surface area contributed by atoms with E-state index in [9.17, 15) is 0 Å². The van der Waals surface area contributed by atoms with Crippen molar-refractivity contribution in [3.05, 3.63) is 0 Å². The number of rotatable bonds is 2. The molecule has 1 atom stereocenters. The van der Waals surface area contributed by atoms with Crippen molar-refractivity contribution in [1.29, 1.82) is 0 Å². The number of hydrogen-bond donors (Lipinski definition) is 4. The third kappa shape index (κ3) is 10.7. The van der Waals surface area contributed by atoms with E-state index in [1.165, 1.54) is 0 Å². The van der Waals surface area contributed by atoms with Crippen LogP contribution in [-0.2, 0) is 0 Å². The Morgan fingerprint density at radius 1 is 1.30 bits per heavy atom. The van der Waals surface area contributed by atoms with Crippen LogP contribution in [0.5, 0.6) is 0 Å². The zero-order valence-corrected chi connectivity index (χ0v) is 6.04. The highest BCUT2D eigenvalue weighted by atomic mass is 16.5. The van der Waals surface area contributed by atoms with Crippen LogP contribution in [0.15, 0.2) is 0 Å². The smallest absolute Gasteiger partial charge is 0.155 e. The second kappa shape index (κ2) is 11.5. The molecule has 0 aliphatic rings. The van der Waals surface area contributed by atoms with Crippen LogP contribution < -0.4 is 11.9 Å². The molecular weight excluding hydrogens is 140 g/mol. The molecule has 0 aromatic heterocycles. The Labute approximate surface area is 59.9 Å². The lowest BCUT2D eigenvalue weighted by Gasteiger charge is -2.08. The highest BCUT2D eigenvalue weighted by molar-refractivity contribution is 4.51. The molecule has 0 aliphatic heterocycles. The van der Waals surface area contributed by atoms with Crippen molar-refractivity contribution in [2.75, 3.05) is 6.54 Å². The summed E-state index contributed by atoms with van der Waals surface area (Å²) in [5.74, 6) is -0.208. The van der Waals surface area contributed by atoms with E-state index in [1.54, 1.807) is 6.92 Å². The van der Waals surface area contributed by atoms with Gasteiger partial charge in [-0.25, -0.2) is 0 Å². The van der Waals surface area contributed by atoms with Gasteiger partial charge in [0.2, 0.25) is 0 Å². The van der Waals surface area contributed by atoms with E-state index in [0.717, 1.165) is 0 Å². The molecule has 0 aliphatic carbocycles. The quantitative estimate of drug-likeness (QED) is 0.324. The van der Waals surface area contributed by atoms with Crippen LogP contribution in [0.1, 0.15) is 6.92 Å². The van der Waals surface area contributed by atoms with E-state index in [2.05, 4.69) is 0 Å². The predicted molar refractivity (Wildman–Crippen MR) is 38.7 cm³/mol. The van der Waals surface area contributed by atoms with E-state index in [-0.39, 0.29) is 23.0 Å². The summed E-state index contributed by atoms with van der Waals surface area (Å²) in [6.45, 7) is 1.99.